The van der Waals surface area contributed by atoms with Crippen molar-refractivity contribution < 1.29 is 9.59 Å². The van der Waals surface area contributed by atoms with Crippen LogP contribution in [-0.4, -0.2) is 60.9 Å². The van der Waals surface area contributed by atoms with E-state index < -0.39 is 0 Å². The van der Waals surface area contributed by atoms with Gasteiger partial charge in [-0.15, -0.1) is 0 Å². The van der Waals surface area contributed by atoms with Gasteiger partial charge in [-0.25, -0.2) is 0 Å². The van der Waals surface area contributed by atoms with E-state index in [2.05, 4.69) is 5.32 Å². The number of rotatable bonds is 5. The van der Waals surface area contributed by atoms with Crippen LogP contribution in [0.3, 0.4) is 0 Å². The summed E-state index contributed by atoms with van der Waals surface area (Å²) in [5.74, 6) is 0.145. The molecule has 0 aliphatic carbocycles. The van der Waals surface area contributed by atoms with Gasteiger partial charge in [0.25, 0.3) is 0 Å². The minimum Gasteiger partial charge on any atom is -0.345 e. The first-order chi connectivity index (χ1) is 9.06. The number of nitrogens with zero attached hydrogens (tertiary/aromatic N) is 2. The van der Waals surface area contributed by atoms with Crippen molar-refractivity contribution in [3.8, 4) is 0 Å². The zero-order valence-electron chi connectivity index (χ0n) is 12.4. The normalized spacial score (nSPS) is 17.7. The molecule has 1 aliphatic rings. The number of hydrogen-bond donors (Lipinski definition) is 1. The molecule has 1 saturated heterocycles. The average Bonchev–Trinajstić information content (AvgIpc) is 2.71. The van der Waals surface area contributed by atoms with Gasteiger partial charge in [0.1, 0.15) is 0 Å². The van der Waals surface area contributed by atoms with Crippen molar-refractivity contribution in [3.63, 3.8) is 0 Å². The quantitative estimate of drug-likeness (QED) is 0.805. The van der Waals surface area contributed by atoms with Gasteiger partial charge in [0.15, 0.2) is 0 Å². The summed E-state index contributed by atoms with van der Waals surface area (Å²) in [6, 6.07) is -0.285. The van der Waals surface area contributed by atoms with Gasteiger partial charge < -0.3 is 9.80 Å². The molecule has 0 aromatic rings. The molecule has 1 fully saturated rings. The Hall–Kier alpha value is -1.10. The van der Waals surface area contributed by atoms with Crippen LogP contribution < -0.4 is 5.32 Å². The Balaban J connectivity index is 2.37. The molecule has 1 rings (SSSR count). The lowest BCUT2D eigenvalue weighted by molar-refractivity contribution is -0.133. The molecular weight excluding hydrogens is 242 g/mol. The third-order valence-electron chi connectivity index (χ3n) is 3.75. The SMILES string of the molecule is CCN(C)C(=O)CNC(C)C(=O)N1CCCCCC1. The highest BCUT2D eigenvalue weighted by molar-refractivity contribution is 5.83. The second kappa shape index (κ2) is 8.15. The second-order valence-corrected chi connectivity index (χ2v) is 5.25. The molecule has 0 radical (unpaired) electrons. The average molecular weight is 269 g/mol. The van der Waals surface area contributed by atoms with E-state index in [9.17, 15) is 9.59 Å². The van der Waals surface area contributed by atoms with Crippen LogP contribution in [0.25, 0.3) is 0 Å². The summed E-state index contributed by atoms with van der Waals surface area (Å²) in [6.45, 7) is 6.40. The summed E-state index contributed by atoms with van der Waals surface area (Å²) < 4.78 is 0. The van der Waals surface area contributed by atoms with E-state index in [1.54, 1.807) is 11.9 Å². The van der Waals surface area contributed by atoms with E-state index in [1.807, 2.05) is 18.7 Å². The highest BCUT2D eigenvalue weighted by Gasteiger charge is 2.21. The molecule has 0 aromatic heterocycles. The number of carbonyl (C=O) groups is 2. The van der Waals surface area contributed by atoms with Crippen molar-refractivity contribution in [2.45, 2.75) is 45.6 Å². The standard InChI is InChI=1S/C14H27N3O2/c1-4-16(3)13(18)11-15-12(2)14(19)17-9-7-5-6-8-10-17/h12,15H,4-11H2,1-3H3. The van der Waals surface area contributed by atoms with E-state index in [4.69, 9.17) is 0 Å². The maximum Gasteiger partial charge on any atom is 0.239 e. The molecule has 0 bridgehead atoms. The van der Waals surface area contributed by atoms with Gasteiger partial charge in [-0.05, 0) is 26.7 Å². The molecule has 0 spiro atoms. The van der Waals surface area contributed by atoms with Crippen LogP contribution in [0.2, 0.25) is 0 Å². The first-order valence-corrected chi connectivity index (χ1v) is 7.32. The number of hydrogen-bond acceptors (Lipinski definition) is 3. The minimum atomic E-state index is -0.285. The Morgan fingerprint density at radius 1 is 1.21 bits per heavy atom. The molecule has 0 aromatic carbocycles. The summed E-state index contributed by atoms with van der Waals surface area (Å²) >= 11 is 0. The maximum absolute atomic E-state index is 12.2. The number of likely N-dealkylation sites (N-methyl/N-ethyl adjacent to an activating group) is 1. The summed E-state index contributed by atoms with van der Waals surface area (Å²) in [4.78, 5) is 27.5. The smallest absolute Gasteiger partial charge is 0.239 e. The van der Waals surface area contributed by atoms with E-state index in [0.29, 0.717) is 6.54 Å². The second-order valence-electron chi connectivity index (χ2n) is 5.25. The van der Waals surface area contributed by atoms with Crippen molar-refractivity contribution in [1.29, 1.82) is 0 Å². The van der Waals surface area contributed by atoms with E-state index in [1.165, 1.54) is 12.8 Å². The van der Waals surface area contributed by atoms with Gasteiger partial charge in [-0.1, -0.05) is 12.8 Å². The Morgan fingerprint density at radius 2 is 1.79 bits per heavy atom. The molecular formula is C14H27N3O2. The summed E-state index contributed by atoms with van der Waals surface area (Å²) in [5, 5.41) is 3.03. The Bertz CT molecular complexity index is 299. The largest absolute Gasteiger partial charge is 0.345 e. The maximum atomic E-state index is 12.2. The van der Waals surface area contributed by atoms with Gasteiger partial charge in [0, 0.05) is 26.7 Å². The molecule has 19 heavy (non-hydrogen) atoms. The molecule has 110 valence electrons. The first-order valence-electron chi connectivity index (χ1n) is 7.32. The fourth-order valence-corrected chi connectivity index (χ4v) is 2.20. The molecule has 1 unspecified atom stereocenters. The first kappa shape index (κ1) is 16.0. The molecule has 5 heteroatoms. The monoisotopic (exact) mass is 269 g/mol. The molecule has 1 heterocycles. The molecule has 1 aliphatic heterocycles. The summed E-state index contributed by atoms with van der Waals surface area (Å²) in [5.41, 5.74) is 0. The summed E-state index contributed by atoms with van der Waals surface area (Å²) in [6.07, 6.45) is 4.61. The predicted octanol–water partition coefficient (Wildman–Crippen LogP) is 0.845. The van der Waals surface area contributed by atoms with Crippen LogP contribution in [0, 0.1) is 0 Å². The third kappa shape index (κ3) is 5.19. The van der Waals surface area contributed by atoms with Gasteiger partial charge in [0.2, 0.25) is 11.8 Å². The zero-order valence-corrected chi connectivity index (χ0v) is 12.4. The minimum absolute atomic E-state index is 0.0259. The molecule has 0 saturated carbocycles. The summed E-state index contributed by atoms with van der Waals surface area (Å²) in [7, 11) is 1.77. The van der Waals surface area contributed by atoms with Crippen molar-refractivity contribution in [1.82, 2.24) is 15.1 Å². The molecule has 1 atom stereocenters. The lowest BCUT2D eigenvalue weighted by atomic mass is 10.2. The van der Waals surface area contributed by atoms with Crippen LogP contribution in [0.1, 0.15) is 39.5 Å². The van der Waals surface area contributed by atoms with Gasteiger partial charge in [-0.3, -0.25) is 14.9 Å². The lowest BCUT2D eigenvalue weighted by Crippen LogP contribution is -2.48. The topological polar surface area (TPSA) is 52.7 Å². The molecule has 5 nitrogen and oxygen atoms in total. The fraction of sp³-hybridized carbons (Fsp3) is 0.857. The number of carbonyl (C=O) groups excluding carboxylic acids is 2. The van der Waals surface area contributed by atoms with Gasteiger partial charge in [0.05, 0.1) is 12.6 Å². The highest BCUT2D eigenvalue weighted by Crippen LogP contribution is 2.10. The third-order valence-corrected chi connectivity index (χ3v) is 3.75. The van der Waals surface area contributed by atoms with Crippen molar-refractivity contribution in [3.05, 3.63) is 0 Å². The van der Waals surface area contributed by atoms with E-state index in [0.717, 1.165) is 25.9 Å². The van der Waals surface area contributed by atoms with Crippen molar-refractivity contribution >= 4 is 11.8 Å². The predicted molar refractivity (Wildman–Crippen MR) is 75.8 cm³/mol. The van der Waals surface area contributed by atoms with Crippen LogP contribution >= 0.6 is 0 Å². The zero-order chi connectivity index (χ0) is 14.3. The van der Waals surface area contributed by atoms with E-state index in [-0.39, 0.29) is 24.4 Å². The van der Waals surface area contributed by atoms with Crippen LogP contribution in [0.15, 0.2) is 0 Å². The number of amides is 2. The van der Waals surface area contributed by atoms with Gasteiger partial charge in [-0.2, -0.15) is 0 Å². The Labute approximate surface area is 116 Å². The molecule has 2 amide bonds. The van der Waals surface area contributed by atoms with Crippen molar-refractivity contribution in [2.75, 3.05) is 33.2 Å². The molecule has 1 N–H and O–H groups in total. The van der Waals surface area contributed by atoms with Crippen molar-refractivity contribution in [2.24, 2.45) is 0 Å². The Morgan fingerprint density at radius 3 is 2.32 bits per heavy atom. The number of likely N-dealkylation sites (tertiary alicyclic amines) is 1. The Kier molecular flexibility index (Phi) is 6.84. The van der Waals surface area contributed by atoms with E-state index >= 15 is 0 Å². The number of nitrogens with one attached hydrogen (secondary N) is 1. The van der Waals surface area contributed by atoms with Crippen LogP contribution in [-0.2, 0) is 9.59 Å². The van der Waals surface area contributed by atoms with Crippen LogP contribution in [0.5, 0.6) is 0 Å². The fourth-order valence-electron chi connectivity index (χ4n) is 2.20. The van der Waals surface area contributed by atoms with Gasteiger partial charge >= 0.3 is 0 Å². The highest BCUT2D eigenvalue weighted by atomic mass is 16.2. The lowest BCUT2D eigenvalue weighted by Gasteiger charge is -2.25. The van der Waals surface area contributed by atoms with Crippen LogP contribution in [0.4, 0.5) is 0 Å².